The molecule has 0 bridgehead atoms. The number of benzene rings is 1. The van der Waals surface area contributed by atoms with Crippen LogP contribution in [-0.2, 0) is 0 Å². The molecule has 1 atom stereocenters. The Morgan fingerprint density at radius 1 is 1.40 bits per heavy atom. The molecule has 3 heteroatoms. The Hall–Kier alpha value is -0.730. The Morgan fingerprint density at radius 3 is 2.80 bits per heavy atom. The maximum Gasteiger partial charge on any atom is 0.0412 e. The second-order valence-corrected chi connectivity index (χ2v) is 4.37. The van der Waals surface area contributed by atoms with Crippen LogP contribution < -0.4 is 10.2 Å². The largest absolute Gasteiger partial charge is 0.366 e. The zero-order valence-electron chi connectivity index (χ0n) is 9.04. The van der Waals surface area contributed by atoms with E-state index in [0.29, 0.717) is 6.04 Å². The number of halogens is 1. The number of piperazine rings is 1. The SMILES string of the molecule is CCC1CNCCN1c1ccc(Cl)cc1. The zero-order valence-corrected chi connectivity index (χ0v) is 9.80. The van der Waals surface area contributed by atoms with E-state index in [1.165, 1.54) is 12.1 Å². The van der Waals surface area contributed by atoms with Crippen LogP contribution in [0.5, 0.6) is 0 Å². The summed E-state index contributed by atoms with van der Waals surface area (Å²) in [5, 5.41) is 4.24. The smallest absolute Gasteiger partial charge is 0.0412 e. The molecule has 1 aromatic carbocycles. The van der Waals surface area contributed by atoms with Gasteiger partial charge in [0.15, 0.2) is 0 Å². The summed E-state index contributed by atoms with van der Waals surface area (Å²) in [6.45, 7) is 5.47. The van der Waals surface area contributed by atoms with E-state index in [1.54, 1.807) is 0 Å². The summed E-state index contributed by atoms with van der Waals surface area (Å²) in [7, 11) is 0. The summed E-state index contributed by atoms with van der Waals surface area (Å²) in [4.78, 5) is 2.47. The van der Waals surface area contributed by atoms with Crippen LogP contribution in [0.15, 0.2) is 24.3 Å². The second-order valence-electron chi connectivity index (χ2n) is 3.94. The van der Waals surface area contributed by atoms with E-state index in [-0.39, 0.29) is 0 Å². The van der Waals surface area contributed by atoms with E-state index in [4.69, 9.17) is 11.6 Å². The molecule has 82 valence electrons. The van der Waals surface area contributed by atoms with Crippen molar-refractivity contribution in [2.75, 3.05) is 24.5 Å². The molecule has 1 unspecified atom stereocenters. The number of nitrogens with one attached hydrogen (secondary N) is 1. The summed E-state index contributed by atoms with van der Waals surface area (Å²) < 4.78 is 0. The zero-order chi connectivity index (χ0) is 10.7. The lowest BCUT2D eigenvalue weighted by molar-refractivity contribution is 0.466. The molecule has 0 saturated carbocycles. The molecular formula is C12H17ClN2. The van der Waals surface area contributed by atoms with Crippen molar-refractivity contribution in [3.8, 4) is 0 Å². The fourth-order valence-corrected chi connectivity index (χ4v) is 2.22. The molecule has 1 aromatic rings. The third kappa shape index (κ3) is 2.44. The van der Waals surface area contributed by atoms with Gasteiger partial charge >= 0.3 is 0 Å². The van der Waals surface area contributed by atoms with Gasteiger partial charge in [-0.3, -0.25) is 0 Å². The Balaban J connectivity index is 2.16. The maximum atomic E-state index is 5.89. The lowest BCUT2D eigenvalue weighted by Gasteiger charge is -2.37. The molecule has 1 N–H and O–H groups in total. The molecule has 0 amide bonds. The summed E-state index contributed by atoms with van der Waals surface area (Å²) in [5.74, 6) is 0. The normalized spacial score (nSPS) is 21.7. The number of anilines is 1. The first-order valence-corrected chi connectivity index (χ1v) is 5.92. The molecule has 1 aliphatic rings. The molecule has 0 radical (unpaired) electrons. The average Bonchev–Trinajstić information content (AvgIpc) is 2.30. The monoisotopic (exact) mass is 224 g/mol. The number of hydrogen-bond donors (Lipinski definition) is 1. The Labute approximate surface area is 96.2 Å². The molecule has 1 saturated heterocycles. The van der Waals surface area contributed by atoms with Crippen molar-refractivity contribution in [2.45, 2.75) is 19.4 Å². The first-order valence-electron chi connectivity index (χ1n) is 5.54. The molecule has 2 rings (SSSR count). The van der Waals surface area contributed by atoms with Gasteiger partial charge in [-0.25, -0.2) is 0 Å². The summed E-state index contributed by atoms with van der Waals surface area (Å²) in [5.41, 5.74) is 1.28. The molecule has 1 aliphatic heterocycles. The van der Waals surface area contributed by atoms with Gasteiger partial charge in [-0.15, -0.1) is 0 Å². The predicted molar refractivity (Wildman–Crippen MR) is 65.7 cm³/mol. The van der Waals surface area contributed by atoms with Gasteiger partial charge in [-0.05, 0) is 30.7 Å². The van der Waals surface area contributed by atoms with Crippen LogP contribution >= 0.6 is 11.6 Å². The highest BCUT2D eigenvalue weighted by Crippen LogP contribution is 2.21. The molecule has 0 spiro atoms. The number of hydrogen-bond acceptors (Lipinski definition) is 2. The molecule has 1 heterocycles. The van der Waals surface area contributed by atoms with Gasteiger partial charge in [0.1, 0.15) is 0 Å². The van der Waals surface area contributed by atoms with Crippen molar-refractivity contribution in [3.05, 3.63) is 29.3 Å². The second kappa shape index (κ2) is 4.86. The van der Waals surface area contributed by atoms with Crippen LogP contribution in [0, 0.1) is 0 Å². The van der Waals surface area contributed by atoms with Gasteiger partial charge in [-0.2, -0.15) is 0 Å². The van der Waals surface area contributed by atoms with Crippen molar-refractivity contribution in [2.24, 2.45) is 0 Å². The Bertz CT molecular complexity index is 310. The van der Waals surface area contributed by atoms with Crippen molar-refractivity contribution in [1.29, 1.82) is 0 Å². The van der Waals surface area contributed by atoms with Crippen molar-refractivity contribution >= 4 is 17.3 Å². The molecule has 0 aliphatic carbocycles. The van der Waals surface area contributed by atoms with Crippen LogP contribution in [-0.4, -0.2) is 25.7 Å². The molecule has 1 fully saturated rings. The van der Waals surface area contributed by atoms with E-state index >= 15 is 0 Å². The highest BCUT2D eigenvalue weighted by molar-refractivity contribution is 6.30. The molecule has 15 heavy (non-hydrogen) atoms. The van der Waals surface area contributed by atoms with E-state index in [2.05, 4.69) is 29.3 Å². The summed E-state index contributed by atoms with van der Waals surface area (Å²) in [6, 6.07) is 8.75. The lowest BCUT2D eigenvalue weighted by Crippen LogP contribution is -2.51. The Kier molecular flexibility index (Phi) is 3.49. The van der Waals surface area contributed by atoms with E-state index in [0.717, 1.165) is 24.7 Å². The van der Waals surface area contributed by atoms with Crippen LogP contribution in [0.3, 0.4) is 0 Å². The third-order valence-electron chi connectivity index (χ3n) is 2.98. The van der Waals surface area contributed by atoms with Crippen LogP contribution in [0.2, 0.25) is 5.02 Å². The van der Waals surface area contributed by atoms with E-state index in [9.17, 15) is 0 Å². The maximum absolute atomic E-state index is 5.89. The predicted octanol–water partition coefficient (Wildman–Crippen LogP) is 2.53. The van der Waals surface area contributed by atoms with Crippen LogP contribution in [0.1, 0.15) is 13.3 Å². The summed E-state index contributed by atoms with van der Waals surface area (Å²) >= 11 is 5.89. The van der Waals surface area contributed by atoms with E-state index < -0.39 is 0 Å². The van der Waals surface area contributed by atoms with Crippen molar-refractivity contribution in [1.82, 2.24) is 5.32 Å². The van der Waals surface area contributed by atoms with Gasteiger partial charge in [-0.1, -0.05) is 18.5 Å². The highest BCUT2D eigenvalue weighted by atomic mass is 35.5. The first kappa shape index (κ1) is 10.8. The van der Waals surface area contributed by atoms with Gasteiger partial charge < -0.3 is 10.2 Å². The minimum atomic E-state index is 0.611. The standard InChI is InChI=1S/C12H17ClN2/c1-2-11-9-14-7-8-15(11)12-5-3-10(13)4-6-12/h3-6,11,14H,2,7-9H2,1H3. The quantitative estimate of drug-likeness (QED) is 0.831. The van der Waals surface area contributed by atoms with Gasteiger partial charge in [0.25, 0.3) is 0 Å². The minimum absolute atomic E-state index is 0.611. The average molecular weight is 225 g/mol. The van der Waals surface area contributed by atoms with Gasteiger partial charge in [0, 0.05) is 36.4 Å². The fraction of sp³-hybridized carbons (Fsp3) is 0.500. The number of rotatable bonds is 2. The lowest BCUT2D eigenvalue weighted by atomic mass is 10.1. The first-order chi connectivity index (χ1) is 7.31. The van der Waals surface area contributed by atoms with Crippen molar-refractivity contribution in [3.63, 3.8) is 0 Å². The molecule has 2 nitrogen and oxygen atoms in total. The van der Waals surface area contributed by atoms with Crippen molar-refractivity contribution < 1.29 is 0 Å². The van der Waals surface area contributed by atoms with E-state index in [1.807, 2.05) is 12.1 Å². The molecule has 0 aromatic heterocycles. The van der Waals surface area contributed by atoms with Gasteiger partial charge in [0.2, 0.25) is 0 Å². The van der Waals surface area contributed by atoms with Crippen LogP contribution in [0.4, 0.5) is 5.69 Å². The third-order valence-corrected chi connectivity index (χ3v) is 3.23. The summed E-state index contributed by atoms with van der Waals surface area (Å²) in [6.07, 6.45) is 1.18. The van der Waals surface area contributed by atoms with Gasteiger partial charge in [0.05, 0.1) is 0 Å². The molecular weight excluding hydrogens is 208 g/mol. The topological polar surface area (TPSA) is 15.3 Å². The number of nitrogens with zero attached hydrogens (tertiary/aromatic N) is 1. The minimum Gasteiger partial charge on any atom is -0.366 e. The Morgan fingerprint density at radius 2 is 2.13 bits per heavy atom. The highest BCUT2D eigenvalue weighted by Gasteiger charge is 2.20. The van der Waals surface area contributed by atoms with Crippen LogP contribution in [0.25, 0.3) is 0 Å². The fourth-order valence-electron chi connectivity index (χ4n) is 2.10.